The molecule has 0 spiro atoms. The van der Waals surface area contributed by atoms with Crippen LogP contribution in [0.5, 0.6) is 0 Å². The molecule has 0 N–H and O–H groups in total. The summed E-state index contributed by atoms with van der Waals surface area (Å²) in [6.07, 6.45) is 0.268. The predicted octanol–water partition coefficient (Wildman–Crippen LogP) is 4.57. The first-order valence-corrected chi connectivity index (χ1v) is 9.85. The first-order chi connectivity index (χ1) is 13.0. The highest BCUT2D eigenvalue weighted by Crippen LogP contribution is 2.26. The highest BCUT2D eigenvalue weighted by atomic mass is 35.5. The number of anilines is 1. The third-order valence-electron chi connectivity index (χ3n) is 4.27. The van der Waals surface area contributed by atoms with Gasteiger partial charge in [-0.2, -0.15) is 5.26 Å². The number of carbonyl (C=O) groups is 1. The van der Waals surface area contributed by atoms with E-state index in [0.717, 1.165) is 27.4 Å². The Morgan fingerprint density at radius 3 is 2.81 bits per heavy atom. The van der Waals surface area contributed by atoms with E-state index in [1.54, 1.807) is 11.0 Å². The molecule has 0 unspecified atom stereocenters. The predicted molar refractivity (Wildman–Crippen MR) is 110 cm³/mol. The molecule has 0 aliphatic rings. The average molecular weight is 399 g/mol. The van der Waals surface area contributed by atoms with E-state index in [2.05, 4.69) is 11.1 Å². The van der Waals surface area contributed by atoms with E-state index in [4.69, 9.17) is 16.9 Å². The Hall–Kier alpha value is -2.49. The van der Waals surface area contributed by atoms with Crippen molar-refractivity contribution in [1.29, 1.82) is 5.26 Å². The summed E-state index contributed by atoms with van der Waals surface area (Å²) >= 11 is 7.49. The van der Waals surface area contributed by atoms with Gasteiger partial charge in [0.25, 0.3) is 0 Å². The summed E-state index contributed by atoms with van der Waals surface area (Å²) in [5, 5.41) is 10.4. The Morgan fingerprint density at radius 1 is 1.33 bits per heavy atom. The van der Waals surface area contributed by atoms with Crippen molar-refractivity contribution in [3.05, 3.63) is 53.1 Å². The van der Waals surface area contributed by atoms with Crippen molar-refractivity contribution >= 4 is 46.0 Å². The fraction of sp³-hybridized carbons (Fsp3) is 0.250. The summed E-state index contributed by atoms with van der Waals surface area (Å²) in [5.41, 5.74) is 3.58. The van der Waals surface area contributed by atoms with Crippen LogP contribution >= 0.6 is 23.4 Å². The van der Waals surface area contributed by atoms with E-state index in [1.165, 1.54) is 11.8 Å². The Morgan fingerprint density at radius 2 is 2.11 bits per heavy atom. The molecule has 2 aromatic carbocycles. The number of para-hydroxylation sites is 2. The number of amides is 1. The Balaban J connectivity index is 1.78. The number of hydrogen-bond donors (Lipinski definition) is 0. The maximum Gasteiger partial charge on any atom is 0.237 e. The van der Waals surface area contributed by atoms with Crippen molar-refractivity contribution in [2.24, 2.45) is 7.05 Å². The molecular weight excluding hydrogens is 380 g/mol. The number of imidazole rings is 1. The van der Waals surface area contributed by atoms with Gasteiger partial charge in [0.2, 0.25) is 5.91 Å². The van der Waals surface area contributed by atoms with Gasteiger partial charge < -0.3 is 9.47 Å². The topological polar surface area (TPSA) is 61.9 Å². The van der Waals surface area contributed by atoms with Crippen LogP contribution < -0.4 is 4.90 Å². The van der Waals surface area contributed by atoms with Crippen LogP contribution in [0.1, 0.15) is 12.0 Å². The zero-order chi connectivity index (χ0) is 19.4. The third-order valence-corrected chi connectivity index (χ3v) is 5.71. The quantitative estimate of drug-likeness (QED) is 0.570. The summed E-state index contributed by atoms with van der Waals surface area (Å²) in [4.78, 5) is 19.1. The molecule has 1 heterocycles. The number of halogens is 1. The number of nitrogens with zero attached hydrogens (tertiary/aromatic N) is 4. The van der Waals surface area contributed by atoms with Gasteiger partial charge in [-0.3, -0.25) is 4.79 Å². The molecule has 0 bridgehead atoms. The van der Waals surface area contributed by atoms with Gasteiger partial charge in [0, 0.05) is 24.3 Å². The number of carbonyl (C=O) groups excluding carboxylic acids is 1. The standard InChI is InChI=1S/C20H19ClN4OS/c1-14-12-15(8-9-16(14)21)25(11-5-10-22)19(26)13-27-20-23-17-6-3-4-7-18(17)24(20)2/h3-4,6-9,12H,5,11,13H2,1-2H3. The zero-order valence-electron chi connectivity index (χ0n) is 15.1. The first-order valence-electron chi connectivity index (χ1n) is 8.49. The molecule has 0 saturated heterocycles. The second kappa shape index (κ2) is 8.47. The summed E-state index contributed by atoms with van der Waals surface area (Å²) in [5.74, 6) is 0.175. The lowest BCUT2D eigenvalue weighted by Crippen LogP contribution is -2.33. The molecule has 0 saturated carbocycles. The van der Waals surface area contributed by atoms with Crippen LogP contribution in [-0.4, -0.2) is 27.8 Å². The summed E-state index contributed by atoms with van der Waals surface area (Å²) < 4.78 is 1.99. The molecule has 138 valence electrons. The van der Waals surface area contributed by atoms with E-state index >= 15 is 0 Å². The van der Waals surface area contributed by atoms with E-state index in [0.29, 0.717) is 11.6 Å². The van der Waals surface area contributed by atoms with Crippen molar-refractivity contribution in [3.63, 3.8) is 0 Å². The van der Waals surface area contributed by atoms with Crippen LogP contribution in [0, 0.1) is 18.3 Å². The largest absolute Gasteiger partial charge is 0.322 e. The molecule has 1 aromatic heterocycles. The summed E-state index contributed by atoms with van der Waals surface area (Å²) in [6, 6.07) is 15.4. The van der Waals surface area contributed by atoms with Crippen molar-refractivity contribution in [2.45, 2.75) is 18.5 Å². The normalized spacial score (nSPS) is 10.7. The number of hydrogen-bond acceptors (Lipinski definition) is 4. The fourth-order valence-electron chi connectivity index (χ4n) is 2.81. The van der Waals surface area contributed by atoms with E-state index < -0.39 is 0 Å². The number of benzene rings is 2. The lowest BCUT2D eigenvalue weighted by Gasteiger charge is -2.22. The molecule has 5 nitrogen and oxygen atoms in total. The lowest BCUT2D eigenvalue weighted by molar-refractivity contribution is -0.116. The molecule has 0 aliphatic heterocycles. The number of fused-ring (bicyclic) bond motifs is 1. The Kier molecular flexibility index (Phi) is 6.04. The van der Waals surface area contributed by atoms with Gasteiger partial charge in [-0.15, -0.1) is 0 Å². The molecule has 0 aliphatic carbocycles. The van der Waals surface area contributed by atoms with Gasteiger partial charge in [-0.1, -0.05) is 35.5 Å². The molecule has 27 heavy (non-hydrogen) atoms. The van der Waals surface area contributed by atoms with Crippen LogP contribution in [0.15, 0.2) is 47.6 Å². The second-order valence-corrected chi connectivity index (χ2v) is 7.47. The van der Waals surface area contributed by atoms with Gasteiger partial charge in [0.1, 0.15) is 0 Å². The van der Waals surface area contributed by atoms with E-state index in [1.807, 2.05) is 54.9 Å². The minimum absolute atomic E-state index is 0.0657. The van der Waals surface area contributed by atoms with Gasteiger partial charge in [-0.25, -0.2) is 4.98 Å². The molecule has 3 aromatic rings. The number of thioether (sulfide) groups is 1. The SMILES string of the molecule is Cc1cc(N(CCC#N)C(=O)CSc2nc3ccccc3n2C)ccc1Cl. The maximum absolute atomic E-state index is 12.9. The first kappa shape index (κ1) is 19.3. The number of aromatic nitrogens is 2. The third kappa shape index (κ3) is 4.26. The van der Waals surface area contributed by atoms with Gasteiger partial charge >= 0.3 is 0 Å². The summed E-state index contributed by atoms with van der Waals surface area (Å²) in [6.45, 7) is 2.24. The molecule has 1 amide bonds. The molecular formula is C20H19ClN4OS. The van der Waals surface area contributed by atoms with E-state index in [-0.39, 0.29) is 18.1 Å². The van der Waals surface area contributed by atoms with Crippen LogP contribution in [0.2, 0.25) is 5.02 Å². The maximum atomic E-state index is 12.9. The number of rotatable bonds is 6. The molecule has 0 atom stereocenters. The van der Waals surface area contributed by atoms with Crippen LogP contribution in [-0.2, 0) is 11.8 Å². The second-order valence-electron chi connectivity index (χ2n) is 6.12. The van der Waals surface area contributed by atoms with Crippen molar-refractivity contribution in [1.82, 2.24) is 9.55 Å². The van der Waals surface area contributed by atoms with Crippen LogP contribution in [0.3, 0.4) is 0 Å². The van der Waals surface area contributed by atoms with Gasteiger partial charge in [0.15, 0.2) is 5.16 Å². The monoisotopic (exact) mass is 398 g/mol. The fourth-order valence-corrected chi connectivity index (χ4v) is 3.79. The molecule has 7 heteroatoms. The average Bonchev–Trinajstić information content (AvgIpc) is 2.99. The lowest BCUT2D eigenvalue weighted by atomic mass is 10.2. The van der Waals surface area contributed by atoms with Gasteiger partial charge in [-0.05, 0) is 42.8 Å². The minimum Gasteiger partial charge on any atom is -0.322 e. The minimum atomic E-state index is -0.0657. The number of nitriles is 1. The van der Waals surface area contributed by atoms with Crippen molar-refractivity contribution < 1.29 is 4.79 Å². The van der Waals surface area contributed by atoms with Crippen LogP contribution in [0.4, 0.5) is 5.69 Å². The van der Waals surface area contributed by atoms with Gasteiger partial charge in [0.05, 0.1) is 29.3 Å². The van der Waals surface area contributed by atoms with Crippen LogP contribution in [0.25, 0.3) is 11.0 Å². The molecule has 0 fully saturated rings. The highest BCUT2D eigenvalue weighted by molar-refractivity contribution is 7.99. The van der Waals surface area contributed by atoms with Crippen molar-refractivity contribution in [2.75, 3.05) is 17.2 Å². The molecule has 0 radical (unpaired) electrons. The number of aryl methyl sites for hydroxylation is 2. The smallest absolute Gasteiger partial charge is 0.237 e. The Bertz CT molecular complexity index is 1020. The zero-order valence-corrected chi connectivity index (χ0v) is 16.7. The summed E-state index contributed by atoms with van der Waals surface area (Å²) in [7, 11) is 1.94. The molecule has 3 rings (SSSR count). The highest BCUT2D eigenvalue weighted by Gasteiger charge is 2.18. The van der Waals surface area contributed by atoms with Crippen molar-refractivity contribution in [3.8, 4) is 6.07 Å². The Labute approximate surface area is 167 Å². The van der Waals surface area contributed by atoms with E-state index in [9.17, 15) is 4.79 Å².